The molecule has 7 heteroatoms. The second-order valence-corrected chi connectivity index (χ2v) is 9.07. The SMILES string of the molecule is CCSC1(CNC(=NC)NCCc2c[nH]c3c(CC)cccc23)CCOCC1.I. The Hall–Kier alpha value is -0.930. The van der Waals surface area contributed by atoms with E-state index in [4.69, 9.17) is 4.74 Å². The second-order valence-electron chi connectivity index (χ2n) is 7.34. The Morgan fingerprint density at radius 3 is 2.69 bits per heavy atom. The number of benzene rings is 1. The van der Waals surface area contributed by atoms with Crippen LogP contribution in [0.1, 0.15) is 37.8 Å². The molecule has 3 N–H and O–H groups in total. The van der Waals surface area contributed by atoms with E-state index in [-0.39, 0.29) is 28.7 Å². The zero-order valence-corrected chi connectivity index (χ0v) is 21.0. The van der Waals surface area contributed by atoms with Gasteiger partial charge in [-0.05, 0) is 42.6 Å². The number of nitrogens with zero attached hydrogens (tertiary/aromatic N) is 1. The Bertz CT molecular complexity index is 781. The number of halogens is 1. The summed E-state index contributed by atoms with van der Waals surface area (Å²) < 4.78 is 5.83. The van der Waals surface area contributed by atoms with Crippen molar-refractivity contribution in [2.24, 2.45) is 4.99 Å². The summed E-state index contributed by atoms with van der Waals surface area (Å²) in [6.07, 6.45) is 6.37. The van der Waals surface area contributed by atoms with E-state index in [0.717, 1.165) is 63.7 Å². The van der Waals surface area contributed by atoms with Gasteiger partial charge in [0, 0.05) is 55.2 Å². The van der Waals surface area contributed by atoms with E-state index in [1.54, 1.807) is 0 Å². The first-order valence-electron chi connectivity index (χ1n) is 10.5. The number of aliphatic imine (C=N–C) groups is 1. The van der Waals surface area contributed by atoms with Crippen LogP contribution in [-0.4, -0.2) is 54.8 Å². The highest BCUT2D eigenvalue weighted by Gasteiger charge is 2.32. The minimum Gasteiger partial charge on any atom is -0.381 e. The van der Waals surface area contributed by atoms with Crippen molar-refractivity contribution < 1.29 is 4.74 Å². The van der Waals surface area contributed by atoms with Gasteiger partial charge in [-0.15, -0.1) is 24.0 Å². The highest BCUT2D eigenvalue weighted by molar-refractivity contribution is 14.0. The Balaban J connectivity index is 0.00000300. The number of aryl methyl sites for hydroxylation is 1. The fraction of sp³-hybridized carbons (Fsp3) is 0.591. The molecule has 2 heterocycles. The highest BCUT2D eigenvalue weighted by Crippen LogP contribution is 2.34. The van der Waals surface area contributed by atoms with Gasteiger partial charge in [0.25, 0.3) is 0 Å². The van der Waals surface area contributed by atoms with E-state index >= 15 is 0 Å². The molecule has 1 aromatic heterocycles. The maximum atomic E-state index is 5.57. The smallest absolute Gasteiger partial charge is 0.191 e. The zero-order valence-electron chi connectivity index (χ0n) is 17.8. The maximum absolute atomic E-state index is 5.57. The fourth-order valence-corrected chi connectivity index (χ4v) is 5.22. The minimum absolute atomic E-state index is 0. The average molecular weight is 531 g/mol. The predicted octanol–water partition coefficient (Wildman–Crippen LogP) is 4.36. The summed E-state index contributed by atoms with van der Waals surface area (Å²) in [6, 6.07) is 6.57. The van der Waals surface area contributed by atoms with E-state index in [2.05, 4.69) is 58.9 Å². The predicted molar refractivity (Wildman–Crippen MR) is 137 cm³/mol. The third kappa shape index (κ3) is 6.28. The van der Waals surface area contributed by atoms with E-state index < -0.39 is 0 Å². The molecule has 0 unspecified atom stereocenters. The molecular formula is C22H35IN4OS. The molecule has 0 aliphatic carbocycles. The molecule has 2 aromatic rings. The minimum atomic E-state index is 0. The number of guanidine groups is 1. The Labute approximate surface area is 196 Å². The molecule has 29 heavy (non-hydrogen) atoms. The standard InChI is InChI=1S/C22H34N4OS.HI/c1-4-17-7-6-8-19-18(15-25-20(17)19)9-12-24-21(23-3)26-16-22(28-5-2)10-13-27-14-11-22;/h6-8,15,25H,4-5,9-14,16H2,1-3H3,(H2,23,24,26);1H. The molecule has 1 aliphatic heterocycles. The van der Waals surface area contributed by atoms with Crippen LogP contribution >= 0.6 is 35.7 Å². The molecule has 5 nitrogen and oxygen atoms in total. The van der Waals surface area contributed by atoms with Crippen LogP contribution in [0.5, 0.6) is 0 Å². The first kappa shape index (κ1) is 24.3. The van der Waals surface area contributed by atoms with Gasteiger partial charge in [-0.2, -0.15) is 11.8 Å². The summed E-state index contributed by atoms with van der Waals surface area (Å²) in [5, 5.41) is 8.38. The summed E-state index contributed by atoms with van der Waals surface area (Å²) in [5.41, 5.74) is 4.01. The lowest BCUT2D eigenvalue weighted by Gasteiger charge is -2.37. The summed E-state index contributed by atoms with van der Waals surface area (Å²) in [5.74, 6) is 2.02. The van der Waals surface area contributed by atoms with Crippen LogP contribution in [0, 0.1) is 0 Å². The lowest BCUT2D eigenvalue weighted by molar-refractivity contribution is 0.0782. The normalized spacial score (nSPS) is 16.4. The number of nitrogens with one attached hydrogen (secondary N) is 3. The maximum Gasteiger partial charge on any atom is 0.191 e. The molecule has 1 fully saturated rings. The summed E-state index contributed by atoms with van der Waals surface area (Å²) >= 11 is 2.05. The van der Waals surface area contributed by atoms with Gasteiger partial charge in [-0.3, -0.25) is 4.99 Å². The summed E-state index contributed by atoms with van der Waals surface area (Å²) in [6.45, 7) is 7.96. The molecule has 0 saturated carbocycles. The number of rotatable bonds is 8. The number of hydrogen-bond acceptors (Lipinski definition) is 3. The number of aromatic amines is 1. The molecule has 0 radical (unpaired) electrons. The highest BCUT2D eigenvalue weighted by atomic mass is 127. The van der Waals surface area contributed by atoms with Crippen molar-refractivity contribution in [3.8, 4) is 0 Å². The first-order chi connectivity index (χ1) is 13.7. The monoisotopic (exact) mass is 530 g/mol. The lowest BCUT2D eigenvalue weighted by atomic mass is 9.99. The Morgan fingerprint density at radius 1 is 1.21 bits per heavy atom. The van der Waals surface area contributed by atoms with Crippen LogP contribution in [0.4, 0.5) is 0 Å². The van der Waals surface area contributed by atoms with Gasteiger partial charge in [0.15, 0.2) is 5.96 Å². The molecule has 0 bridgehead atoms. The fourth-order valence-electron chi connectivity index (χ4n) is 3.98. The van der Waals surface area contributed by atoms with E-state index in [0.29, 0.717) is 0 Å². The second kappa shape index (κ2) is 12.1. The zero-order chi connectivity index (χ0) is 19.8. The third-order valence-electron chi connectivity index (χ3n) is 5.61. The van der Waals surface area contributed by atoms with Gasteiger partial charge in [0.2, 0.25) is 0 Å². The molecular weight excluding hydrogens is 495 g/mol. The van der Waals surface area contributed by atoms with Crippen LogP contribution in [0.2, 0.25) is 0 Å². The van der Waals surface area contributed by atoms with Crippen molar-refractivity contribution in [2.45, 2.75) is 44.3 Å². The quantitative estimate of drug-likeness (QED) is 0.270. The van der Waals surface area contributed by atoms with Crippen LogP contribution in [0.15, 0.2) is 29.4 Å². The van der Waals surface area contributed by atoms with E-state index in [9.17, 15) is 0 Å². The van der Waals surface area contributed by atoms with Gasteiger partial charge in [0.1, 0.15) is 0 Å². The molecule has 3 rings (SSSR count). The lowest BCUT2D eigenvalue weighted by Crippen LogP contribution is -2.48. The molecule has 1 saturated heterocycles. The van der Waals surface area contributed by atoms with Crippen LogP contribution < -0.4 is 10.6 Å². The molecule has 0 atom stereocenters. The number of fused-ring (bicyclic) bond motifs is 1. The van der Waals surface area contributed by atoms with Crippen molar-refractivity contribution in [3.63, 3.8) is 0 Å². The molecule has 1 aliphatic rings. The van der Waals surface area contributed by atoms with Crippen molar-refractivity contribution in [3.05, 3.63) is 35.5 Å². The molecule has 0 spiro atoms. The van der Waals surface area contributed by atoms with Crippen molar-refractivity contribution in [2.75, 3.05) is 39.1 Å². The van der Waals surface area contributed by atoms with Gasteiger partial charge < -0.3 is 20.4 Å². The number of hydrogen-bond donors (Lipinski definition) is 3. The Kier molecular flexibility index (Phi) is 10.1. The van der Waals surface area contributed by atoms with Crippen molar-refractivity contribution >= 4 is 52.6 Å². The van der Waals surface area contributed by atoms with E-state index in [1.165, 1.54) is 22.0 Å². The van der Waals surface area contributed by atoms with Crippen LogP contribution in [0.25, 0.3) is 10.9 Å². The molecule has 162 valence electrons. The largest absolute Gasteiger partial charge is 0.381 e. The number of H-pyrrole nitrogens is 1. The Morgan fingerprint density at radius 2 is 2.00 bits per heavy atom. The van der Waals surface area contributed by atoms with Gasteiger partial charge in [-0.25, -0.2) is 0 Å². The number of para-hydroxylation sites is 1. The molecule has 1 aromatic carbocycles. The molecule has 0 amide bonds. The van der Waals surface area contributed by atoms with Crippen molar-refractivity contribution in [1.29, 1.82) is 0 Å². The van der Waals surface area contributed by atoms with E-state index in [1.807, 2.05) is 18.8 Å². The summed E-state index contributed by atoms with van der Waals surface area (Å²) in [4.78, 5) is 7.88. The summed E-state index contributed by atoms with van der Waals surface area (Å²) in [7, 11) is 1.85. The van der Waals surface area contributed by atoms with Crippen molar-refractivity contribution in [1.82, 2.24) is 15.6 Å². The first-order valence-corrected chi connectivity index (χ1v) is 11.4. The number of aromatic nitrogens is 1. The van der Waals surface area contributed by atoms with Gasteiger partial charge >= 0.3 is 0 Å². The average Bonchev–Trinajstić information content (AvgIpc) is 3.14. The van der Waals surface area contributed by atoms with Gasteiger partial charge in [-0.1, -0.05) is 32.0 Å². The topological polar surface area (TPSA) is 61.4 Å². The van der Waals surface area contributed by atoms with Crippen LogP contribution in [0.3, 0.4) is 0 Å². The van der Waals surface area contributed by atoms with Crippen LogP contribution in [-0.2, 0) is 17.6 Å². The third-order valence-corrected chi connectivity index (χ3v) is 7.06. The van der Waals surface area contributed by atoms with Gasteiger partial charge in [0.05, 0.1) is 0 Å². The number of thioether (sulfide) groups is 1. The number of ether oxygens (including phenoxy) is 1.